The lowest BCUT2D eigenvalue weighted by molar-refractivity contribution is 0.0940. The first-order chi connectivity index (χ1) is 14.7. The van der Waals surface area contributed by atoms with Crippen molar-refractivity contribution in [1.82, 2.24) is 5.32 Å². The summed E-state index contributed by atoms with van der Waals surface area (Å²) in [6, 6.07) is 16.2. The molecule has 0 saturated heterocycles. The average Bonchev–Trinajstić information content (AvgIpc) is 2.74. The number of ether oxygens (including phenoxy) is 1. The second-order valence-electron chi connectivity index (χ2n) is 7.08. The summed E-state index contributed by atoms with van der Waals surface area (Å²) in [6.45, 7) is 3.61. The van der Waals surface area contributed by atoms with Crippen molar-refractivity contribution in [3.63, 3.8) is 0 Å². The molecule has 31 heavy (non-hydrogen) atoms. The fraction of sp³-hybridized carbons (Fsp3) is 0.174. The zero-order valence-electron chi connectivity index (χ0n) is 17.3. The Morgan fingerprint density at radius 3 is 2.26 bits per heavy atom. The van der Waals surface area contributed by atoms with Crippen molar-refractivity contribution in [2.75, 3.05) is 11.8 Å². The Labute approximate surface area is 181 Å². The first kappa shape index (κ1) is 22.3. The van der Waals surface area contributed by atoms with Gasteiger partial charge in [0.15, 0.2) is 0 Å². The van der Waals surface area contributed by atoms with Crippen molar-refractivity contribution in [3.05, 3.63) is 89.2 Å². The molecular formula is C23H23FN2O4S. The normalized spacial score (nSPS) is 12.1. The zero-order valence-corrected chi connectivity index (χ0v) is 18.2. The number of halogens is 1. The summed E-state index contributed by atoms with van der Waals surface area (Å²) in [7, 11) is -2.45. The summed E-state index contributed by atoms with van der Waals surface area (Å²) in [5.41, 5.74) is 1.85. The molecule has 0 spiro atoms. The van der Waals surface area contributed by atoms with Crippen LogP contribution in [0, 0.1) is 12.7 Å². The largest absolute Gasteiger partial charge is 0.497 e. The lowest BCUT2D eigenvalue weighted by Crippen LogP contribution is -2.28. The summed E-state index contributed by atoms with van der Waals surface area (Å²) < 4.78 is 46.5. The highest BCUT2D eigenvalue weighted by Crippen LogP contribution is 2.26. The molecule has 8 heteroatoms. The first-order valence-electron chi connectivity index (χ1n) is 9.53. The van der Waals surface area contributed by atoms with E-state index in [0.29, 0.717) is 11.3 Å². The standard InChI is InChI=1S/C23H23FN2O4S/c1-15-4-11-20(12-5-15)31(28,29)26-22-13-10-19(30-3)14-21(22)23(27)25-16(2)17-6-8-18(24)9-7-17/h4-14,16,26H,1-3H3,(H,25,27). The topological polar surface area (TPSA) is 84.5 Å². The van der Waals surface area contributed by atoms with E-state index in [-0.39, 0.29) is 22.0 Å². The molecular weight excluding hydrogens is 419 g/mol. The van der Waals surface area contributed by atoms with Gasteiger partial charge < -0.3 is 10.1 Å². The monoisotopic (exact) mass is 442 g/mol. The summed E-state index contributed by atoms with van der Waals surface area (Å²) >= 11 is 0. The van der Waals surface area contributed by atoms with Gasteiger partial charge in [0.2, 0.25) is 0 Å². The van der Waals surface area contributed by atoms with Crippen molar-refractivity contribution >= 4 is 21.6 Å². The van der Waals surface area contributed by atoms with Crippen LogP contribution in [0.5, 0.6) is 5.75 Å². The Bertz CT molecular complexity index is 1180. The van der Waals surface area contributed by atoms with Crippen LogP contribution < -0.4 is 14.8 Å². The molecule has 0 aliphatic rings. The van der Waals surface area contributed by atoms with Gasteiger partial charge in [-0.25, -0.2) is 12.8 Å². The molecule has 1 atom stereocenters. The maximum atomic E-state index is 13.2. The second kappa shape index (κ2) is 9.18. The van der Waals surface area contributed by atoms with E-state index in [0.717, 1.165) is 5.56 Å². The van der Waals surface area contributed by atoms with E-state index in [2.05, 4.69) is 10.0 Å². The zero-order chi connectivity index (χ0) is 22.6. The number of anilines is 1. The quantitative estimate of drug-likeness (QED) is 0.567. The number of aryl methyl sites for hydroxylation is 1. The van der Waals surface area contributed by atoms with Gasteiger partial charge in [-0.1, -0.05) is 29.8 Å². The van der Waals surface area contributed by atoms with Crippen molar-refractivity contribution in [2.24, 2.45) is 0 Å². The van der Waals surface area contributed by atoms with Gasteiger partial charge in [-0.3, -0.25) is 9.52 Å². The second-order valence-corrected chi connectivity index (χ2v) is 8.76. The van der Waals surface area contributed by atoms with Crippen LogP contribution in [0.25, 0.3) is 0 Å². The minimum Gasteiger partial charge on any atom is -0.497 e. The number of methoxy groups -OCH3 is 1. The van der Waals surface area contributed by atoms with E-state index in [9.17, 15) is 17.6 Å². The molecule has 3 aromatic carbocycles. The third kappa shape index (κ3) is 5.40. The van der Waals surface area contributed by atoms with Gasteiger partial charge >= 0.3 is 0 Å². The van der Waals surface area contributed by atoms with Crippen molar-refractivity contribution in [3.8, 4) is 5.75 Å². The van der Waals surface area contributed by atoms with E-state index in [1.807, 2.05) is 6.92 Å². The smallest absolute Gasteiger partial charge is 0.261 e. The van der Waals surface area contributed by atoms with Gasteiger partial charge in [0, 0.05) is 0 Å². The van der Waals surface area contributed by atoms with Crippen LogP contribution in [0.4, 0.5) is 10.1 Å². The molecule has 3 aromatic rings. The van der Waals surface area contributed by atoms with Crippen LogP contribution in [-0.4, -0.2) is 21.4 Å². The third-order valence-electron chi connectivity index (χ3n) is 4.76. The molecule has 0 fully saturated rings. The molecule has 0 radical (unpaired) electrons. The Hall–Kier alpha value is -3.39. The number of carbonyl (C=O) groups is 1. The predicted octanol–water partition coefficient (Wildman–Crippen LogP) is 4.43. The molecule has 0 heterocycles. The van der Waals surface area contributed by atoms with Gasteiger partial charge in [-0.05, 0) is 61.9 Å². The molecule has 1 amide bonds. The maximum absolute atomic E-state index is 13.2. The van der Waals surface area contributed by atoms with Crippen molar-refractivity contribution in [2.45, 2.75) is 24.8 Å². The summed E-state index contributed by atoms with van der Waals surface area (Å²) in [5.74, 6) is -0.474. The van der Waals surface area contributed by atoms with Crippen molar-refractivity contribution < 1.29 is 22.3 Å². The van der Waals surface area contributed by atoms with E-state index >= 15 is 0 Å². The van der Waals surface area contributed by atoms with E-state index in [4.69, 9.17) is 4.74 Å². The first-order valence-corrected chi connectivity index (χ1v) is 11.0. The van der Waals surface area contributed by atoms with Gasteiger partial charge in [0.05, 0.1) is 29.3 Å². The van der Waals surface area contributed by atoms with Gasteiger partial charge in [-0.2, -0.15) is 0 Å². The molecule has 3 rings (SSSR count). The minimum atomic E-state index is -3.90. The summed E-state index contributed by atoms with van der Waals surface area (Å²) in [5, 5.41) is 2.80. The van der Waals surface area contributed by atoms with E-state index in [1.165, 1.54) is 43.5 Å². The number of hydrogen-bond acceptors (Lipinski definition) is 4. The summed E-state index contributed by atoms with van der Waals surface area (Å²) in [4.78, 5) is 13.1. The summed E-state index contributed by atoms with van der Waals surface area (Å²) in [6.07, 6.45) is 0. The van der Waals surface area contributed by atoms with Crippen LogP contribution in [0.1, 0.15) is 34.5 Å². The van der Waals surface area contributed by atoms with Crippen LogP contribution in [0.3, 0.4) is 0 Å². The van der Waals surface area contributed by atoms with Crippen LogP contribution in [0.15, 0.2) is 71.6 Å². The molecule has 0 aliphatic carbocycles. The van der Waals surface area contributed by atoms with E-state index in [1.54, 1.807) is 37.3 Å². The molecule has 0 aliphatic heterocycles. The van der Waals surface area contributed by atoms with Gasteiger partial charge in [0.1, 0.15) is 11.6 Å². The fourth-order valence-electron chi connectivity index (χ4n) is 2.96. The molecule has 0 saturated carbocycles. The van der Waals surface area contributed by atoms with Crippen LogP contribution in [0.2, 0.25) is 0 Å². The number of nitrogens with one attached hydrogen (secondary N) is 2. The number of carbonyl (C=O) groups excluding carboxylic acids is 1. The highest BCUT2D eigenvalue weighted by molar-refractivity contribution is 7.92. The van der Waals surface area contributed by atoms with Crippen LogP contribution in [-0.2, 0) is 10.0 Å². The lowest BCUT2D eigenvalue weighted by Gasteiger charge is -2.17. The Morgan fingerprint density at radius 1 is 1.00 bits per heavy atom. The van der Waals surface area contributed by atoms with Crippen LogP contribution >= 0.6 is 0 Å². The Kier molecular flexibility index (Phi) is 6.60. The SMILES string of the molecule is COc1ccc(NS(=O)(=O)c2ccc(C)cc2)c(C(=O)NC(C)c2ccc(F)cc2)c1. The molecule has 2 N–H and O–H groups in total. The van der Waals surface area contributed by atoms with Gasteiger partial charge in [-0.15, -0.1) is 0 Å². The molecule has 1 unspecified atom stereocenters. The average molecular weight is 443 g/mol. The number of amides is 1. The van der Waals surface area contributed by atoms with Crippen molar-refractivity contribution in [1.29, 1.82) is 0 Å². The maximum Gasteiger partial charge on any atom is 0.261 e. The van der Waals surface area contributed by atoms with Gasteiger partial charge in [0.25, 0.3) is 15.9 Å². The molecule has 6 nitrogen and oxygen atoms in total. The fourth-order valence-corrected chi connectivity index (χ4v) is 4.04. The van der Waals surface area contributed by atoms with E-state index < -0.39 is 22.0 Å². The Balaban J connectivity index is 1.89. The number of benzene rings is 3. The number of sulfonamides is 1. The number of hydrogen-bond donors (Lipinski definition) is 2. The molecule has 162 valence electrons. The highest BCUT2D eigenvalue weighted by Gasteiger charge is 2.21. The Morgan fingerprint density at radius 2 is 1.65 bits per heavy atom. The minimum absolute atomic E-state index is 0.0833. The third-order valence-corrected chi connectivity index (χ3v) is 6.15. The molecule has 0 bridgehead atoms. The molecule has 0 aromatic heterocycles. The highest BCUT2D eigenvalue weighted by atomic mass is 32.2. The predicted molar refractivity (Wildman–Crippen MR) is 117 cm³/mol. The number of rotatable bonds is 7. The lowest BCUT2D eigenvalue weighted by atomic mass is 10.1.